The van der Waals surface area contributed by atoms with Crippen LogP contribution in [0.1, 0.15) is 41.9 Å². The lowest BCUT2D eigenvalue weighted by atomic mass is 10.0. The van der Waals surface area contributed by atoms with E-state index >= 15 is 0 Å². The summed E-state index contributed by atoms with van der Waals surface area (Å²) < 4.78 is 1.81. The van der Waals surface area contributed by atoms with Crippen LogP contribution in [0.2, 0.25) is 0 Å². The van der Waals surface area contributed by atoms with Crippen molar-refractivity contribution in [3.63, 3.8) is 0 Å². The fraction of sp³-hybridized carbons (Fsp3) is 0.269. The van der Waals surface area contributed by atoms with E-state index in [0.717, 1.165) is 47.0 Å². The molecule has 0 N–H and O–H groups in total. The highest BCUT2D eigenvalue weighted by molar-refractivity contribution is 6.22. The van der Waals surface area contributed by atoms with Gasteiger partial charge in [-0.15, -0.1) is 0 Å². The molecule has 0 fully saturated rings. The highest BCUT2D eigenvalue weighted by atomic mass is 15.4. The van der Waals surface area contributed by atoms with Gasteiger partial charge in [0.05, 0.1) is 11.4 Å². The number of rotatable bonds is 5. The van der Waals surface area contributed by atoms with E-state index in [1.807, 2.05) is 42.8 Å². The van der Waals surface area contributed by atoms with Gasteiger partial charge >= 0.3 is 0 Å². The molecule has 0 saturated heterocycles. The summed E-state index contributed by atoms with van der Waals surface area (Å²) in [5.74, 6) is 0.605. The SMILES string of the molecule is CCN(CC)c1ccc(/C=C2\N=C(n3nc(C)cc3C)N=C2c2ccccc2)c(C)c1. The highest BCUT2D eigenvalue weighted by Gasteiger charge is 2.21. The van der Waals surface area contributed by atoms with E-state index in [0.29, 0.717) is 5.96 Å². The minimum Gasteiger partial charge on any atom is -0.372 e. The van der Waals surface area contributed by atoms with E-state index in [2.05, 4.69) is 67.2 Å². The Morgan fingerprint density at radius 3 is 2.26 bits per heavy atom. The van der Waals surface area contributed by atoms with Gasteiger partial charge in [0, 0.05) is 30.0 Å². The summed E-state index contributed by atoms with van der Waals surface area (Å²) >= 11 is 0. The van der Waals surface area contributed by atoms with E-state index in [1.54, 1.807) is 0 Å². The molecule has 1 aliphatic heterocycles. The van der Waals surface area contributed by atoms with Crippen molar-refractivity contribution in [1.82, 2.24) is 9.78 Å². The Kier molecular flexibility index (Phi) is 5.85. The molecule has 2 heterocycles. The Bertz CT molecular complexity index is 1180. The second-order valence-electron chi connectivity index (χ2n) is 7.82. The molecule has 1 aliphatic rings. The largest absolute Gasteiger partial charge is 0.372 e. The molecule has 0 saturated carbocycles. The summed E-state index contributed by atoms with van der Waals surface area (Å²) in [6, 6.07) is 18.9. The quantitative estimate of drug-likeness (QED) is 0.564. The summed E-state index contributed by atoms with van der Waals surface area (Å²) in [5.41, 5.74) is 8.37. The minimum absolute atomic E-state index is 0.605. The Balaban J connectivity index is 1.78. The third kappa shape index (κ3) is 4.22. The van der Waals surface area contributed by atoms with Crippen LogP contribution in [0.25, 0.3) is 6.08 Å². The maximum absolute atomic E-state index is 4.88. The summed E-state index contributed by atoms with van der Waals surface area (Å²) in [5, 5.41) is 4.58. The van der Waals surface area contributed by atoms with Crippen molar-refractivity contribution in [2.24, 2.45) is 9.98 Å². The molecule has 0 radical (unpaired) electrons. The zero-order chi connectivity index (χ0) is 22.0. The molecule has 4 rings (SSSR count). The van der Waals surface area contributed by atoms with Gasteiger partial charge < -0.3 is 4.90 Å². The van der Waals surface area contributed by atoms with Gasteiger partial charge in [0.25, 0.3) is 5.96 Å². The van der Waals surface area contributed by atoms with Gasteiger partial charge in [-0.3, -0.25) is 0 Å². The van der Waals surface area contributed by atoms with Crippen LogP contribution in [0.15, 0.2) is 70.3 Å². The Morgan fingerprint density at radius 2 is 1.65 bits per heavy atom. The van der Waals surface area contributed by atoms with Gasteiger partial charge in [0.1, 0.15) is 5.71 Å². The maximum Gasteiger partial charge on any atom is 0.252 e. The van der Waals surface area contributed by atoms with Crippen molar-refractivity contribution in [2.75, 3.05) is 18.0 Å². The van der Waals surface area contributed by atoms with Crippen LogP contribution < -0.4 is 4.90 Å². The van der Waals surface area contributed by atoms with Crippen LogP contribution in [0, 0.1) is 20.8 Å². The summed E-state index contributed by atoms with van der Waals surface area (Å²) in [6.45, 7) is 12.5. The number of anilines is 1. The van der Waals surface area contributed by atoms with Gasteiger partial charge in [-0.25, -0.2) is 14.7 Å². The minimum atomic E-state index is 0.605. The lowest BCUT2D eigenvalue weighted by molar-refractivity contribution is 0.865. The predicted octanol–water partition coefficient (Wildman–Crippen LogP) is 5.40. The molecule has 1 aromatic heterocycles. The van der Waals surface area contributed by atoms with E-state index in [9.17, 15) is 0 Å². The molecule has 2 aromatic carbocycles. The molecule has 0 spiro atoms. The first-order valence-electron chi connectivity index (χ1n) is 10.8. The van der Waals surface area contributed by atoms with Crippen LogP contribution in [0.4, 0.5) is 5.69 Å². The van der Waals surface area contributed by atoms with Gasteiger partial charge in [0.2, 0.25) is 0 Å². The van der Waals surface area contributed by atoms with E-state index in [4.69, 9.17) is 9.98 Å². The van der Waals surface area contributed by atoms with Gasteiger partial charge in [-0.05, 0) is 70.0 Å². The molecule has 5 nitrogen and oxygen atoms in total. The Labute approximate surface area is 184 Å². The van der Waals surface area contributed by atoms with Crippen LogP contribution in [0.5, 0.6) is 0 Å². The molecule has 5 heteroatoms. The molecule has 31 heavy (non-hydrogen) atoms. The summed E-state index contributed by atoms with van der Waals surface area (Å²) in [7, 11) is 0. The second-order valence-corrected chi connectivity index (χ2v) is 7.82. The van der Waals surface area contributed by atoms with E-state index in [-0.39, 0.29) is 0 Å². The number of benzene rings is 2. The number of allylic oxidation sites excluding steroid dienone is 1. The molecule has 0 bridgehead atoms. The molecule has 3 aromatic rings. The lowest BCUT2D eigenvalue weighted by Crippen LogP contribution is -2.21. The fourth-order valence-electron chi connectivity index (χ4n) is 3.93. The number of aryl methyl sites for hydroxylation is 3. The summed E-state index contributed by atoms with van der Waals surface area (Å²) in [6.07, 6.45) is 2.13. The van der Waals surface area contributed by atoms with Crippen molar-refractivity contribution in [1.29, 1.82) is 0 Å². The number of nitrogens with zero attached hydrogens (tertiary/aromatic N) is 5. The number of hydrogen-bond acceptors (Lipinski definition) is 4. The van der Waals surface area contributed by atoms with Crippen molar-refractivity contribution < 1.29 is 0 Å². The zero-order valence-electron chi connectivity index (χ0n) is 18.9. The molecule has 158 valence electrons. The number of aliphatic imine (C=N–C) groups is 2. The molecule has 0 amide bonds. The number of aromatic nitrogens is 2. The average Bonchev–Trinajstić information content (AvgIpc) is 3.33. The predicted molar refractivity (Wildman–Crippen MR) is 130 cm³/mol. The lowest BCUT2D eigenvalue weighted by Gasteiger charge is -2.21. The van der Waals surface area contributed by atoms with Crippen molar-refractivity contribution in [3.05, 3.63) is 88.4 Å². The molecule has 0 unspecified atom stereocenters. The third-order valence-corrected chi connectivity index (χ3v) is 5.60. The highest BCUT2D eigenvalue weighted by Crippen LogP contribution is 2.25. The van der Waals surface area contributed by atoms with Crippen LogP contribution in [0.3, 0.4) is 0 Å². The first-order chi connectivity index (χ1) is 15.0. The van der Waals surface area contributed by atoms with Crippen molar-refractivity contribution in [3.8, 4) is 0 Å². The smallest absolute Gasteiger partial charge is 0.252 e. The van der Waals surface area contributed by atoms with E-state index < -0.39 is 0 Å². The summed E-state index contributed by atoms with van der Waals surface area (Å²) in [4.78, 5) is 12.1. The average molecular weight is 412 g/mol. The third-order valence-electron chi connectivity index (χ3n) is 5.60. The van der Waals surface area contributed by atoms with E-state index in [1.165, 1.54) is 11.3 Å². The first kappa shape index (κ1) is 20.8. The molecular weight excluding hydrogens is 382 g/mol. The Hall–Kier alpha value is -3.47. The van der Waals surface area contributed by atoms with Crippen molar-refractivity contribution in [2.45, 2.75) is 34.6 Å². The van der Waals surface area contributed by atoms with Crippen LogP contribution in [-0.2, 0) is 0 Å². The zero-order valence-corrected chi connectivity index (χ0v) is 18.9. The van der Waals surface area contributed by atoms with Gasteiger partial charge in [-0.1, -0.05) is 36.4 Å². The monoisotopic (exact) mass is 411 g/mol. The van der Waals surface area contributed by atoms with Gasteiger partial charge in [0.15, 0.2) is 0 Å². The van der Waals surface area contributed by atoms with Gasteiger partial charge in [-0.2, -0.15) is 5.10 Å². The fourth-order valence-corrected chi connectivity index (χ4v) is 3.93. The molecule has 0 atom stereocenters. The van der Waals surface area contributed by atoms with Crippen LogP contribution in [-0.4, -0.2) is 34.5 Å². The first-order valence-corrected chi connectivity index (χ1v) is 10.8. The topological polar surface area (TPSA) is 45.8 Å². The second kappa shape index (κ2) is 8.72. The normalized spacial score (nSPS) is 14.7. The maximum atomic E-state index is 4.88. The van der Waals surface area contributed by atoms with Crippen molar-refractivity contribution >= 4 is 23.4 Å². The number of hydrogen-bond donors (Lipinski definition) is 0. The standard InChI is InChI=1S/C26H29N5/c1-6-30(7-2)23-14-13-22(18(3)15-23)17-24-25(21-11-9-8-10-12-21)28-26(27-24)31-20(5)16-19(4)29-31/h8-17H,6-7H2,1-5H3/b24-17-. The van der Waals surface area contributed by atoms with Crippen LogP contribution >= 0.6 is 0 Å². The Morgan fingerprint density at radius 1 is 0.903 bits per heavy atom. The molecule has 0 aliphatic carbocycles. The molecular formula is C26H29N5.